The number of benzene rings is 2. The molecule has 2 heterocycles. The van der Waals surface area contributed by atoms with Gasteiger partial charge >= 0.3 is 12.1 Å². The van der Waals surface area contributed by atoms with Crippen LogP contribution in [-0.2, 0) is 9.53 Å². The van der Waals surface area contributed by atoms with Crippen LogP contribution in [0.1, 0.15) is 40.0 Å². The van der Waals surface area contributed by atoms with Crippen molar-refractivity contribution >= 4 is 23.1 Å². The number of hydrogen-bond donors (Lipinski definition) is 0. The van der Waals surface area contributed by atoms with Gasteiger partial charge in [0, 0.05) is 37.9 Å². The van der Waals surface area contributed by atoms with Crippen molar-refractivity contribution in [3.05, 3.63) is 48.3 Å². The van der Waals surface area contributed by atoms with Crippen LogP contribution in [0, 0.1) is 11.7 Å². The number of esters is 1. The predicted molar refractivity (Wildman–Crippen MR) is 140 cm³/mol. The summed E-state index contributed by atoms with van der Waals surface area (Å²) in [7, 11) is 1.20. The number of piperidine rings is 1. The average molecular weight is 552 g/mol. The molecule has 0 aliphatic carbocycles. The highest BCUT2D eigenvalue weighted by Gasteiger charge is 2.48. The first-order valence-electron chi connectivity index (χ1n) is 13.0. The Bertz CT molecular complexity index is 1180. The van der Waals surface area contributed by atoms with E-state index in [1.807, 2.05) is 18.7 Å². The van der Waals surface area contributed by atoms with Crippen LogP contribution >= 0.6 is 0 Å². The van der Waals surface area contributed by atoms with Crippen molar-refractivity contribution < 1.29 is 36.6 Å². The third-order valence-corrected chi connectivity index (χ3v) is 6.91. The molecule has 1 saturated heterocycles. The van der Waals surface area contributed by atoms with E-state index in [4.69, 9.17) is 9.47 Å². The van der Waals surface area contributed by atoms with Crippen LogP contribution < -0.4 is 19.4 Å². The number of hydrazone groups is 1. The lowest BCUT2D eigenvalue weighted by atomic mass is 9.94. The first kappa shape index (κ1) is 28.5. The predicted octanol–water partition coefficient (Wildman–Crippen LogP) is 5.97. The molecule has 39 heavy (non-hydrogen) atoms. The van der Waals surface area contributed by atoms with Gasteiger partial charge in [0.05, 0.1) is 37.1 Å². The Morgan fingerprint density at radius 2 is 1.72 bits per heavy atom. The summed E-state index contributed by atoms with van der Waals surface area (Å²) in [6.07, 6.45) is -3.61. The van der Waals surface area contributed by atoms with E-state index in [0.717, 1.165) is 0 Å². The van der Waals surface area contributed by atoms with Crippen molar-refractivity contribution in [1.82, 2.24) is 0 Å². The zero-order valence-electron chi connectivity index (χ0n) is 22.4. The van der Waals surface area contributed by atoms with E-state index in [9.17, 15) is 22.4 Å². The average Bonchev–Trinajstić information content (AvgIpc) is 3.22. The van der Waals surface area contributed by atoms with Crippen molar-refractivity contribution in [2.24, 2.45) is 11.0 Å². The molecule has 7 nitrogen and oxygen atoms in total. The fraction of sp³-hybridized carbons (Fsp3) is 0.500. The Morgan fingerprint density at radius 1 is 1.08 bits per heavy atom. The molecule has 2 aromatic rings. The zero-order chi connectivity index (χ0) is 28.3. The van der Waals surface area contributed by atoms with Crippen molar-refractivity contribution in [3.8, 4) is 11.5 Å². The summed E-state index contributed by atoms with van der Waals surface area (Å²) in [5.41, 5.74) is -0.0199. The molecule has 0 saturated carbocycles. The topological polar surface area (TPSA) is 63.6 Å². The second-order valence-corrected chi connectivity index (χ2v) is 10.0. The highest BCUT2D eigenvalue weighted by molar-refractivity contribution is 5.96. The third-order valence-electron chi connectivity index (χ3n) is 6.91. The first-order valence-corrected chi connectivity index (χ1v) is 13.0. The van der Waals surface area contributed by atoms with E-state index in [0.29, 0.717) is 48.8 Å². The third kappa shape index (κ3) is 6.75. The summed E-state index contributed by atoms with van der Waals surface area (Å²) in [5.74, 6) is -0.743. The van der Waals surface area contributed by atoms with Crippen LogP contribution in [-0.4, -0.2) is 56.3 Å². The number of alkyl halides is 3. The molecule has 2 aliphatic heterocycles. The summed E-state index contributed by atoms with van der Waals surface area (Å²) in [5, 5.41) is 5.06. The van der Waals surface area contributed by atoms with Gasteiger partial charge in [0.2, 0.25) is 0 Å². The first-order chi connectivity index (χ1) is 18.5. The Balaban J connectivity index is 1.40. The van der Waals surface area contributed by atoms with Crippen molar-refractivity contribution in [2.45, 2.75) is 64.5 Å². The molecule has 11 heteroatoms. The fourth-order valence-electron chi connectivity index (χ4n) is 4.92. The summed E-state index contributed by atoms with van der Waals surface area (Å²) < 4.78 is 71.6. The summed E-state index contributed by atoms with van der Waals surface area (Å²) in [6.45, 7) is 6.43. The summed E-state index contributed by atoms with van der Waals surface area (Å²) >= 11 is 0. The Morgan fingerprint density at radius 3 is 2.31 bits per heavy atom. The van der Waals surface area contributed by atoms with Crippen LogP contribution in [0.2, 0.25) is 0 Å². The highest BCUT2D eigenvalue weighted by Crippen LogP contribution is 2.37. The van der Waals surface area contributed by atoms with Gasteiger partial charge in [0.25, 0.3) is 0 Å². The molecule has 0 N–H and O–H groups in total. The Kier molecular flexibility index (Phi) is 8.56. The molecule has 2 aromatic carbocycles. The molecule has 4 rings (SSSR count). The minimum absolute atomic E-state index is 0.0140. The molecule has 0 bridgehead atoms. The molecule has 0 radical (unpaired) electrons. The molecule has 0 unspecified atom stereocenters. The van der Waals surface area contributed by atoms with Crippen molar-refractivity contribution in [2.75, 3.05) is 30.1 Å². The number of rotatable bonds is 8. The lowest BCUT2D eigenvalue weighted by molar-refractivity contribution is -0.141. The van der Waals surface area contributed by atoms with Crippen LogP contribution in [0.25, 0.3) is 0 Å². The van der Waals surface area contributed by atoms with E-state index in [1.54, 1.807) is 36.4 Å². The number of nitrogens with zero attached hydrogens (tertiary/aromatic N) is 3. The molecule has 212 valence electrons. The number of carbonyl (C=O) groups excluding carboxylic acids is 1. The largest absolute Gasteiger partial charge is 0.491 e. The molecule has 0 amide bonds. The van der Waals surface area contributed by atoms with Gasteiger partial charge in [-0.05, 0) is 50.2 Å². The molecule has 0 spiro atoms. The normalized spacial score (nSPS) is 20.3. The second kappa shape index (κ2) is 11.7. The number of hydrogen-bond acceptors (Lipinski definition) is 7. The van der Waals surface area contributed by atoms with Gasteiger partial charge in [-0.1, -0.05) is 6.92 Å². The number of methoxy groups -OCH3 is 1. The molecule has 2 atom stereocenters. The van der Waals surface area contributed by atoms with Crippen LogP contribution in [0.4, 0.5) is 28.9 Å². The van der Waals surface area contributed by atoms with Crippen LogP contribution in [0.3, 0.4) is 0 Å². The van der Waals surface area contributed by atoms with Gasteiger partial charge in [0.15, 0.2) is 0 Å². The smallest absolute Gasteiger partial charge is 0.431 e. The lowest BCUT2D eigenvalue weighted by Crippen LogP contribution is -2.38. The van der Waals surface area contributed by atoms with E-state index in [2.05, 4.69) is 9.84 Å². The lowest BCUT2D eigenvalue weighted by Gasteiger charge is -2.34. The molecule has 0 aromatic heterocycles. The SMILES string of the molecule is COC(=O)C[C@H]1[C@H](C)C(C(F)(F)F)=NN1c1ccc(OC2CCN(c3cc(OC(C)C)ccc3F)CC2)cc1. The molecular formula is C28H33F4N3O4. The van der Waals surface area contributed by atoms with Crippen LogP contribution in [0.15, 0.2) is 47.6 Å². The van der Waals surface area contributed by atoms with E-state index < -0.39 is 29.8 Å². The number of halogens is 4. The summed E-state index contributed by atoms with van der Waals surface area (Å²) in [6, 6.07) is 10.5. The quantitative estimate of drug-likeness (QED) is 0.298. The number of anilines is 2. The van der Waals surface area contributed by atoms with Crippen molar-refractivity contribution in [3.63, 3.8) is 0 Å². The minimum atomic E-state index is -4.61. The second-order valence-electron chi connectivity index (χ2n) is 10.0. The van der Waals surface area contributed by atoms with Crippen molar-refractivity contribution in [1.29, 1.82) is 0 Å². The maximum absolute atomic E-state index is 14.5. The summed E-state index contributed by atoms with van der Waals surface area (Å²) in [4.78, 5) is 13.9. The fourth-order valence-corrected chi connectivity index (χ4v) is 4.92. The maximum atomic E-state index is 14.5. The van der Waals surface area contributed by atoms with Gasteiger partial charge in [-0.15, -0.1) is 0 Å². The van der Waals surface area contributed by atoms with Gasteiger partial charge in [-0.2, -0.15) is 18.3 Å². The number of carbonyl (C=O) groups is 1. The standard InChI is InChI=1S/C28H33F4N3O4/c1-17(2)38-22-9-10-23(29)25(15-22)34-13-11-21(12-14-34)39-20-7-5-19(6-8-20)35-24(16-26(36)37-4)18(3)27(33-35)28(30,31)32/h5-10,15,17-18,21,24H,11-14,16H2,1-4H3/t18-,24-/m0/s1. The molecular weight excluding hydrogens is 518 g/mol. The minimum Gasteiger partial charge on any atom is -0.491 e. The highest BCUT2D eigenvalue weighted by atomic mass is 19.4. The van der Waals surface area contributed by atoms with Crippen LogP contribution in [0.5, 0.6) is 11.5 Å². The Labute approximate surface area is 225 Å². The van der Waals surface area contributed by atoms with Gasteiger partial charge in [-0.25, -0.2) is 4.39 Å². The Hall–Kier alpha value is -3.50. The van der Waals surface area contributed by atoms with E-state index in [-0.39, 0.29) is 24.4 Å². The maximum Gasteiger partial charge on any atom is 0.431 e. The van der Waals surface area contributed by atoms with Gasteiger partial charge in [-0.3, -0.25) is 9.80 Å². The molecule has 1 fully saturated rings. The monoisotopic (exact) mass is 551 g/mol. The van der Waals surface area contributed by atoms with Gasteiger partial charge in [0.1, 0.15) is 29.1 Å². The van der Waals surface area contributed by atoms with E-state index >= 15 is 0 Å². The van der Waals surface area contributed by atoms with Gasteiger partial charge < -0.3 is 19.1 Å². The zero-order valence-corrected chi connectivity index (χ0v) is 22.4. The number of ether oxygens (including phenoxy) is 3. The molecule has 2 aliphatic rings. The van der Waals surface area contributed by atoms with E-state index in [1.165, 1.54) is 25.1 Å².